The van der Waals surface area contributed by atoms with Crippen molar-refractivity contribution in [2.24, 2.45) is 0 Å². The van der Waals surface area contributed by atoms with Crippen LogP contribution >= 0.6 is 0 Å². The van der Waals surface area contributed by atoms with Gasteiger partial charge in [-0.25, -0.2) is 9.18 Å². The molecule has 0 atom stereocenters. The van der Waals surface area contributed by atoms with Gasteiger partial charge in [0.15, 0.2) is 5.43 Å². The van der Waals surface area contributed by atoms with Gasteiger partial charge in [0.1, 0.15) is 11.4 Å². The molecule has 1 heterocycles. The van der Waals surface area contributed by atoms with Crippen LogP contribution in [0.4, 0.5) is 9.18 Å². The topological polar surface area (TPSA) is 53.8 Å². The summed E-state index contributed by atoms with van der Waals surface area (Å²) in [7, 11) is 3.28. The van der Waals surface area contributed by atoms with Crippen LogP contribution in [0.3, 0.4) is 0 Å². The first kappa shape index (κ1) is 17.7. The van der Waals surface area contributed by atoms with Crippen molar-refractivity contribution in [3.63, 3.8) is 0 Å². The highest BCUT2D eigenvalue weighted by Crippen LogP contribution is 2.14. The number of carbonyl (C=O) groups is 1. The molecule has 3 aromatic rings. The van der Waals surface area contributed by atoms with E-state index in [1.165, 1.54) is 28.2 Å². The van der Waals surface area contributed by atoms with Crippen molar-refractivity contribution in [2.45, 2.75) is 13.1 Å². The molecular weight excluding hydrogens is 335 g/mol. The zero-order chi connectivity index (χ0) is 18.7. The fourth-order valence-electron chi connectivity index (χ4n) is 2.72. The molecule has 3 rings (SSSR count). The van der Waals surface area contributed by atoms with Crippen LogP contribution in [0.2, 0.25) is 0 Å². The smallest absolute Gasteiger partial charge is 0.320 e. The third-order valence-electron chi connectivity index (χ3n) is 4.05. The molecule has 0 aliphatic rings. The standard InChI is InChI=1S/C20H19FN2O3/c1-22(2)20(25)23(11-14-7-9-16(21)10-8-14)12-15-13-26-18-6-4-3-5-17(18)19(15)24/h3-10,13H,11-12H2,1-2H3. The van der Waals surface area contributed by atoms with Crippen LogP contribution in [0.1, 0.15) is 11.1 Å². The van der Waals surface area contributed by atoms with E-state index in [9.17, 15) is 14.0 Å². The predicted octanol–water partition coefficient (Wildman–Crippen LogP) is 3.62. The van der Waals surface area contributed by atoms with Gasteiger partial charge in [-0.15, -0.1) is 0 Å². The van der Waals surface area contributed by atoms with Gasteiger partial charge in [0, 0.05) is 20.6 Å². The summed E-state index contributed by atoms with van der Waals surface area (Å²) in [6.45, 7) is 0.352. The SMILES string of the molecule is CN(C)C(=O)N(Cc1ccc(F)cc1)Cc1coc2ccccc2c1=O. The Labute approximate surface area is 150 Å². The number of rotatable bonds is 4. The highest BCUT2D eigenvalue weighted by atomic mass is 19.1. The molecule has 1 aromatic heterocycles. The van der Waals surface area contributed by atoms with Crippen molar-refractivity contribution in [1.29, 1.82) is 0 Å². The molecule has 2 amide bonds. The summed E-state index contributed by atoms with van der Waals surface area (Å²) in [6.07, 6.45) is 1.39. The predicted molar refractivity (Wildman–Crippen MR) is 97.2 cm³/mol. The number of carbonyl (C=O) groups excluding carboxylic acids is 1. The van der Waals surface area contributed by atoms with Crippen molar-refractivity contribution < 1.29 is 13.6 Å². The monoisotopic (exact) mass is 354 g/mol. The Morgan fingerprint density at radius 2 is 1.73 bits per heavy atom. The maximum atomic E-state index is 13.1. The molecule has 0 fully saturated rings. The van der Waals surface area contributed by atoms with Gasteiger partial charge >= 0.3 is 6.03 Å². The number of hydrogen-bond donors (Lipinski definition) is 0. The molecule has 26 heavy (non-hydrogen) atoms. The molecule has 2 aromatic carbocycles. The van der Waals surface area contributed by atoms with Crippen LogP contribution in [0, 0.1) is 5.82 Å². The number of fused-ring (bicyclic) bond motifs is 1. The Morgan fingerprint density at radius 3 is 2.42 bits per heavy atom. The van der Waals surface area contributed by atoms with Crippen molar-refractivity contribution in [2.75, 3.05) is 14.1 Å². The number of benzene rings is 2. The summed E-state index contributed by atoms with van der Waals surface area (Å²) in [6, 6.07) is 12.7. The van der Waals surface area contributed by atoms with E-state index < -0.39 is 0 Å². The minimum atomic E-state index is -0.339. The second-order valence-electron chi connectivity index (χ2n) is 6.25. The lowest BCUT2D eigenvalue weighted by atomic mass is 10.1. The zero-order valence-electron chi connectivity index (χ0n) is 14.6. The summed E-state index contributed by atoms with van der Waals surface area (Å²) in [5.74, 6) is -0.339. The summed E-state index contributed by atoms with van der Waals surface area (Å²) in [5.41, 5.74) is 1.50. The van der Waals surface area contributed by atoms with Crippen molar-refractivity contribution in [1.82, 2.24) is 9.80 Å². The first-order valence-corrected chi connectivity index (χ1v) is 8.16. The zero-order valence-corrected chi connectivity index (χ0v) is 14.6. The van der Waals surface area contributed by atoms with E-state index in [4.69, 9.17) is 4.42 Å². The van der Waals surface area contributed by atoms with Gasteiger partial charge < -0.3 is 14.2 Å². The van der Waals surface area contributed by atoms with Crippen LogP contribution < -0.4 is 5.43 Å². The molecule has 0 spiro atoms. The normalized spacial score (nSPS) is 10.7. The largest absolute Gasteiger partial charge is 0.464 e. The highest BCUT2D eigenvalue weighted by Gasteiger charge is 2.19. The number of para-hydroxylation sites is 1. The highest BCUT2D eigenvalue weighted by molar-refractivity contribution is 5.77. The first-order valence-electron chi connectivity index (χ1n) is 8.16. The fraction of sp³-hybridized carbons (Fsp3) is 0.200. The van der Waals surface area contributed by atoms with Gasteiger partial charge in [-0.3, -0.25) is 4.79 Å². The number of amides is 2. The number of urea groups is 1. The second kappa shape index (κ2) is 7.39. The Hall–Kier alpha value is -3.15. The van der Waals surface area contributed by atoms with Crippen LogP contribution in [0.5, 0.6) is 0 Å². The van der Waals surface area contributed by atoms with Crippen molar-refractivity contribution in [3.05, 3.63) is 82.0 Å². The van der Waals surface area contributed by atoms with Crippen molar-refractivity contribution in [3.8, 4) is 0 Å². The van der Waals surface area contributed by atoms with Gasteiger partial charge in [0.25, 0.3) is 0 Å². The lowest BCUT2D eigenvalue weighted by Gasteiger charge is -2.26. The maximum Gasteiger partial charge on any atom is 0.320 e. The third kappa shape index (κ3) is 3.74. The molecule has 0 aliphatic heterocycles. The molecule has 0 aliphatic carbocycles. The number of halogens is 1. The average Bonchev–Trinajstić information content (AvgIpc) is 2.64. The molecule has 0 radical (unpaired) electrons. The lowest BCUT2D eigenvalue weighted by Crippen LogP contribution is -2.39. The van der Waals surface area contributed by atoms with E-state index in [0.717, 1.165) is 5.56 Å². The van der Waals surface area contributed by atoms with E-state index in [1.807, 2.05) is 0 Å². The maximum absolute atomic E-state index is 13.1. The van der Waals surface area contributed by atoms with Crippen LogP contribution in [-0.4, -0.2) is 29.9 Å². The molecule has 0 N–H and O–H groups in total. The van der Waals surface area contributed by atoms with E-state index in [0.29, 0.717) is 16.5 Å². The van der Waals surface area contributed by atoms with E-state index in [-0.39, 0.29) is 30.4 Å². The summed E-state index contributed by atoms with van der Waals surface area (Å²) >= 11 is 0. The summed E-state index contributed by atoms with van der Waals surface area (Å²) in [5, 5.41) is 0.476. The van der Waals surface area contributed by atoms with Gasteiger partial charge in [-0.05, 0) is 29.8 Å². The Balaban J connectivity index is 1.92. The Kier molecular flexibility index (Phi) is 5.02. The van der Waals surface area contributed by atoms with Gasteiger partial charge in [-0.1, -0.05) is 24.3 Å². The van der Waals surface area contributed by atoms with Crippen molar-refractivity contribution >= 4 is 17.0 Å². The fourth-order valence-corrected chi connectivity index (χ4v) is 2.72. The van der Waals surface area contributed by atoms with E-state index in [2.05, 4.69) is 0 Å². The van der Waals surface area contributed by atoms with Gasteiger partial charge in [-0.2, -0.15) is 0 Å². The molecule has 6 heteroatoms. The number of nitrogens with zero attached hydrogens (tertiary/aromatic N) is 2. The quantitative estimate of drug-likeness (QED) is 0.719. The molecule has 5 nitrogen and oxygen atoms in total. The Bertz CT molecular complexity index is 980. The summed E-state index contributed by atoms with van der Waals surface area (Å²) in [4.78, 5) is 28.2. The minimum absolute atomic E-state index is 0.0988. The van der Waals surface area contributed by atoms with E-state index >= 15 is 0 Å². The second-order valence-corrected chi connectivity index (χ2v) is 6.25. The molecule has 134 valence electrons. The molecule has 0 bridgehead atoms. The molecule has 0 saturated heterocycles. The summed E-state index contributed by atoms with van der Waals surface area (Å²) < 4.78 is 18.6. The van der Waals surface area contributed by atoms with Crippen LogP contribution in [0.25, 0.3) is 11.0 Å². The van der Waals surface area contributed by atoms with Crippen LogP contribution in [-0.2, 0) is 13.1 Å². The van der Waals surface area contributed by atoms with E-state index in [1.54, 1.807) is 50.5 Å². The lowest BCUT2D eigenvalue weighted by molar-refractivity contribution is 0.165. The van der Waals surface area contributed by atoms with Crippen LogP contribution in [0.15, 0.2) is 64.0 Å². The average molecular weight is 354 g/mol. The molecule has 0 unspecified atom stereocenters. The van der Waals surface area contributed by atoms with Gasteiger partial charge in [0.2, 0.25) is 0 Å². The first-order chi connectivity index (χ1) is 12.5. The Morgan fingerprint density at radius 1 is 1.04 bits per heavy atom. The molecular formula is C20H19FN2O3. The minimum Gasteiger partial charge on any atom is -0.464 e. The molecule has 0 saturated carbocycles. The van der Waals surface area contributed by atoms with Gasteiger partial charge in [0.05, 0.1) is 23.8 Å². The number of hydrogen-bond acceptors (Lipinski definition) is 3. The third-order valence-corrected chi connectivity index (χ3v) is 4.05.